The lowest BCUT2D eigenvalue weighted by Crippen LogP contribution is -2.11. The van der Waals surface area contributed by atoms with Gasteiger partial charge in [-0.2, -0.15) is 0 Å². The van der Waals surface area contributed by atoms with E-state index >= 15 is 0 Å². The second-order valence-corrected chi connectivity index (χ2v) is 5.30. The fraction of sp³-hybridized carbons (Fsp3) is 0.467. The summed E-state index contributed by atoms with van der Waals surface area (Å²) in [6.07, 6.45) is 2.11. The zero-order valence-corrected chi connectivity index (χ0v) is 9.69. The Morgan fingerprint density at radius 1 is 1.44 bits per heavy atom. The molecule has 1 aromatic rings. The number of aliphatic hydroxyl groups excluding tert-OH is 1. The van der Waals surface area contributed by atoms with E-state index in [0.717, 1.165) is 5.57 Å². The molecule has 4 unspecified atom stereocenters. The molecule has 1 saturated carbocycles. The summed E-state index contributed by atoms with van der Waals surface area (Å²) in [5, 5.41) is 10.1. The van der Waals surface area contributed by atoms with Crippen molar-refractivity contribution in [2.45, 2.75) is 31.8 Å². The molecule has 2 aliphatic rings. The Bertz CT molecular complexity index is 435. The van der Waals surface area contributed by atoms with Gasteiger partial charge < -0.3 is 5.11 Å². The molecule has 0 amide bonds. The molecule has 0 radical (unpaired) electrons. The van der Waals surface area contributed by atoms with Crippen LogP contribution in [0.5, 0.6) is 0 Å². The van der Waals surface area contributed by atoms with Crippen LogP contribution in [0.15, 0.2) is 36.4 Å². The minimum absolute atomic E-state index is 0.304. The molecule has 1 nitrogen and oxygen atoms in total. The van der Waals surface area contributed by atoms with Gasteiger partial charge in [0.2, 0.25) is 0 Å². The van der Waals surface area contributed by atoms with E-state index in [0.29, 0.717) is 17.8 Å². The molecule has 3 rings (SSSR count). The Morgan fingerprint density at radius 3 is 2.94 bits per heavy atom. The van der Waals surface area contributed by atoms with E-state index in [1.807, 2.05) is 6.92 Å². The summed E-state index contributed by atoms with van der Waals surface area (Å²) in [6, 6.07) is 8.70. The summed E-state index contributed by atoms with van der Waals surface area (Å²) >= 11 is 0. The topological polar surface area (TPSA) is 20.2 Å². The number of aryl methyl sites for hydroxylation is 1. The van der Waals surface area contributed by atoms with E-state index in [4.69, 9.17) is 0 Å². The van der Waals surface area contributed by atoms with Gasteiger partial charge in [-0.25, -0.2) is 0 Å². The van der Waals surface area contributed by atoms with Gasteiger partial charge in [0.05, 0.1) is 6.10 Å². The quantitative estimate of drug-likeness (QED) is 0.750. The Balaban J connectivity index is 1.90. The molecule has 16 heavy (non-hydrogen) atoms. The average Bonchev–Trinajstić information content (AvgIpc) is 3.02. The number of aliphatic hydroxyl groups is 1. The molecule has 4 atom stereocenters. The normalized spacial score (nSPS) is 32.5. The predicted octanol–water partition coefficient (Wildman–Crippen LogP) is 2.90. The van der Waals surface area contributed by atoms with Crippen molar-refractivity contribution in [1.82, 2.24) is 0 Å². The van der Waals surface area contributed by atoms with Crippen LogP contribution in [-0.2, 0) is 6.42 Å². The number of benzene rings is 1. The monoisotopic (exact) mass is 214 g/mol. The van der Waals surface area contributed by atoms with Gasteiger partial charge >= 0.3 is 0 Å². The summed E-state index contributed by atoms with van der Waals surface area (Å²) in [7, 11) is 0. The van der Waals surface area contributed by atoms with Crippen LogP contribution in [-0.4, -0.2) is 11.2 Å². The van der Waals surface area contributed by atoms with Crippen LogP contribution in [0, 0.1) is 11.8 Å². The molecule has 84 valence electrons. The van der Waals surface area contributed by atoms with Gasteiger partial charge in [0.25, 0.3) is 0 Å². The van der Waals surface area contributed by atoms with Crippen molar-refractivity contribution < 1.29 is 5.11 Å². The van der Waals surface area contributed by atoms with Crippen LogP contribution in [0.3, 0.4) is 0 Å². The van der Waals surface area contributed by atoms with Crippen molar-refractivity contribution in [2.24, 2.45) is 11.8 Å². The fourth-order valence-corrected chi connectivity index (χ4v) is 3.38. The van der Waals surface area contributed by atoms with Crippen LogP contribution in [0.2, 0.25) is 0 Å². The second-order valence-electron chi connectivity index (χ2n) is 5.30. The van der Waals surface area contributed by atoms with Crippen molar-refractivity contribution >= 4 is 0 Å². The lowest BCUT2D eigenvalue weighted by molar-refractivity contribution is 0.179. The van der Waals surface area contributed by atoms with Gasteiger partial charge in [-0.05, 0) is 48.6 Å². The maximum atomic E-state index is 10.1. The highest BCUT2D eigenvalue weighted by Crippen LogP contribution is 2.61. The predicted molar refractivity (Wildman–Crippen MR) is 65.3 cm³/mol. The van der Waals surface area contributed by atoms with Crippen LogP contribution < -0.4 is 0 Å². The van der Waals surface area contributed by atoms with E-state index in [1.165, 1.54) is 24.0 Å². The van der Waals surface area contributed by atoms with Gasteiger partial charge in [0.1, 0.15) is 0 Å². The van der Waals surface area contributed by atoms with Crippen molar-refractivity contribution in [2.75, 3.05) is 0 Å². The van der Waals surface area contributed by atoms with Crippen molar-refractivity contribution in [1.29, 1.82) is 0 Å². The zero-order chi connectivity index (χ0) is 11.3. The maximum absolute atomic E-state index is 10.1. The van der Waals surface area contributed by atoms with Crippen molar-refractivity contribution in [3.8, 4) is 0 Å². The van der Waals surface area contributed by atoms with Crippen LogP contribution in [0.1, 0.15) is 30.4 Å². The first kappa shape index (κ1) is 10.1. The summed E-state index contributed by atoms with van der Waals surface area (Å²) in [4.78, 5) is 0. The number of hydrogen-bond acceptors (Lipinski definition) is 1. The van der Waals surface area contributed by atoms with E-state index in [2.05, 4.69) is 30.8 Å². The molecule has 0 spiro atoms. The first-order valence-electron chi connectivity index (χ1n) is 6.11. The molecule has 0 saturated heterocycles. The highest BCUT2D eigenvalue weighted by atomic mass is 16.3. The third kappa shape index (κ3) is 1.35. The second kappa shape index (κ2) is 3.46. The van der Waals surface area contributed by atoms with Crippen LogP contribution in [0.4, 0.5) is 0 Å². The average molecular weight is 214 g/mol. The fourth-order valence-electron chi connectivity index (χ4n) is 3.38. The first-order chi connectivity index (χ1) is 7.70. The number of rotatable bonds is 2. The standard InChI is InChI=1S/C15H18O/c1-9(2)15(16)14-12-8-7-10-5-3-4-6-11(10)13(12)14/h3-6,12-16H,1,7-8H2,2H3. The van der Waals surface area contributed by atoms with Crippen LogP contribution >= 0.6 is 0 Å². The van der Waals surface area contributed by atoms with E-state index in [9.17, 15) is 5.11 Å². The third-order valence-electron chi connectivity index (χ3n) is 4.26. The highest BCUT2D eigenvalue weighted by Gasteiger charge is 2.56. The first-order valence-corrected chi connectivity index (χ1v) is 6.11. The molecule has 1 N–H and O–H groups in total. The Kier molecular flexibility index (Phi) is 2.18. The summed E-state index contributed by atoms with van der Waals surface area (Å²) in [6.45, 7) is 5.81. The molecule has 0 bridgehead atoms. The molecule has 0 heterocycles. The lowest BCUT2D eigenvalue weighted by Gasteiger charge is -2.13. The Morgan fingerprint density at radius 2 is 2.19 bits per heavy atom. The molecule has 0 aromatic heterocycles. The van der Waals surface area contributed by atoms with Crippen molar-refractivity contribution in [3.63, 3.8) is 0 Å². The molecule has 1 heteroatoms. The Hall–Kier alpha value is -1.08. The van der Waals surface area contributed by atoms with E-state index in [1.54, 1.807) is 0 Å². The summed E-state index contributed by atoms with van der Waals surface area (Å²) < 4.78 is 0. The molecule has 1 aromatic carbocycles. The zero-order valence-electron chi connectivity index (χ0n) is 9.69. The van der Waals surface area contributed by atoms with Gasteiger partial charge in [0.15, 0.2) is 0 Å². The van der Waals surface area contributed by atoms with E-state index in [-0.39, 0.29) is 6.10 Å². The van der Waals surface area contributed by atoms with Gasteiger partial charge in [-0.3, -0.25) is 0 Å². The van der Waals surface area contributed by atoms with Crippen LogP contribution in [0.25, 0.3) is 0 Å². The van der Waals surface area contributed by atoms with Gasteiger partial charge in [-0.15, -0.1) is 0 Å². The highest BCUT2D eigenvalue weighted by molar-refractivity contribution is 5.40. The van der Waals surface area contributed by atoms with E-state index < -0.39 is 0 Å². The smallest absolute Gasteiger partial charge is 0.0781 e. The number of hydrogen-bond donors (Lipinski definition) is 1. The molecule has 0 aliphatic heterocycles. The lowest BCUT2D eigenvalue weighted by atomic mass is 9.92. The van der Waals surface area contributed by atoms with Crippen molar-refractivity contribution in [3.05, 3.63) is 47.5 Å². The van der Waals surface area contributed by atoms with Gasteiger partial charge in [0, 0.05) is 0 Å². The number of fused-ring (bicyclic) bond motifs is 3. The third-order valence-corrected chi connectivity index (χ3v) is 4.26. The summed E-state index contributed by atoms with van der Waals surface area (Å²) in [5.41, 5.74) is 3.88. The summed E-state index contributed by atoms with van der Waals surface area (Å²) in [5.74, 6) is 1.72. The minimum Gasteiger partial charge on any atom is -0.388 e. The maximum Gasteiger partial charge on any atom is 0.0781 e. The molecular weight excluding hydrogens is 196 g/mol. The molecule has 1 fully saturated rings. The SMILES string of the molecule is C=C(C)C(O)C1C2CCc3ccccc3C21. The molecule has 2 aliphatic carbocycles. The largest absolute Gasteiger partial charge is 0.388 e. The van der Waals surface area contributed by atoms with Gasteiger partial charge in [-0.1, -0.05) is 36.4 Å². The Labute approximate surface area is 96.8 Å². The minimum atomic E-state index is -0.304. The molecular formula is C15H18O.